The summed E-state index contributed by atoms with van der Waals surface area (Å²) in [5.41, 5.74) is 1.43. The van der Waals surface area contributed by atoms with Crippen molar-refractivity contribution in [1.82, 2.24) is 5.32 Å². The Labute approximate surface area is 112 Å². The van der Waals surface area contributed by atoms with Crippen LogP contribution in [0.15, 0.2) is 48.6 Å². The normalized spacial score (nSPS) is 28.7. The van der Waals surface area contributed by atoms with E-state index in [0.29, 0.717) is 10.6 Å². The van der Waals surface area contributed by atoms with Crippen LogP contribution in [-0.2, 0) is 0 Å². The van der Waals surface area contributed by atoms with Crippen molar-refractivity contribution >= 4 is 23.4 Å². The lowest BCUT2D eigenvalue weighted by atomic mass is 10.0. The fourth-order valence-electron chi connectivity index (χ4n) is 2.47. The lowest BCUT2D eigenvalue weighted by molar-refractivity contribution is 0.763. The molecule has 2 aliphatic rings. The Morgan fingerprint density at radius 1 is 1.22 bits per heavy atom. The summed E-state index contributed by atoms with van der Waals surface area (Å²) in [6, 6.07) is 8.70. The monoisotopic (exact) mass is 255 g/mol. The molecule has 18 heavy (non-hydrogen) atoms. The molecule has 0 saturated carbocycles. The van der Waals surface area contributed by atoms with Crippen LogP contribution < -0.4 is 15.8 Å². The highest BCUT2D eigenvalue weighted by Crippen LogP contribution is 2.29. The van der Waals surface area contributed by atoms with Crippen LogP contribution in [0.25, 0.3) is 11.6 Å². The van der Waals surface area contributed by atoms with Gasteiger partial charge in [-0.3, -0.25) is 0 Å². The highest BCUT2D eigenvalue weighted by Gasteiger charge is 2.19. The third-order valence-electron chi connectivity index (χ3n) is 3.44. The molecule has 0 fully saturated rings. The van der Waals surface area contributed by atoms with E-state index in [0.717, 1.165) is 6.42 Å². The lowest BCUT2D eigenvalue weighted by Gasteiger charge is -2.24. The second-order valence-electron chi connectivity index (χ2n) is 4.56. The molecule has 3 rings (SSSR count). The van der Waals surface area contributed by atoms with Crippen molar-refractivity contribution < 1.29 is 0 Å². The summed E-state index contributed by atoms with van der Waals surface area (Å²) in [6.07, 6.45) is 12.3. The molecule has 1 aliphatic heterocycles. The molecule has 1 aliphatic carbocycles. The fourth-order valence-corrected chi connectivity index (χ4v) is 3.71. The van der Waals surface area contributed by atoms with Crippen LogP contribution in [0.1, 0.15) is 6.42 Å². The summed E-state index contributed by atoms with van der Waals surface area (Å²) in [5.74, 6) is 0. The Hall–Kier alpha value is -1.25. The van der Waals surface area contributed by atoms with Crippen LogP contribution >= 0.6 is 11.8 Å². The van der Waals surface area contributed by atoms with Gasteiger partial charge in [-0.1, -0.05) is 54.6 Å². The minimum Gasteiger partial charge on any atom is -0.308 e. The number of rotatable bonds is 1. The number of thioether (sulfide) groups is 1. The summed E-state index contributed by atoms with van der Waals surface area (Å²) in [5, 5.41) is 7.08. The van der Waals surface area contributed by atoms with Gasteiger partial charge >= 0.3 is 0 Å². The summed E-state index contributed by atoms with van der Waals surface area (Å²) < 4.78 is 0. The molecule has 0 aromatic heterocycles. The highest BCUT2D eigenvalue weighted by molar-refractivity contribution is 8.01. The molecular weight excluding hydrogens is 238 g/mol. The largest absolute Gasteiger partial charge is 0.308 e. The highest BCUT2D eigenvalue weighted by atomic mass is 32.2. The van der Waals surface area contributed by atoms with Gasteiger partial charge in [0.05, 0.1) is 10.6 Å². The zero-order valence-corrected chi connectivity index (χ0v) is 11.3. The lowest BCUT2D eigenvalue weighted by Crippen LogP contribution is -2.34. The van der Waals surface area contributed by atoms with Crippen molar-refractivity contribution in [2.24, 2.45) is 0 Å². The molecule has 1 nitrogen and oxygen atoms in total. The molecule has 0 radical (unpaired) electrons. The summed E-state index contributed by atoms with van der Waals surface area (Å²) >= 11 is 2.00. The first-order valence-corrected chi connectivity index (χ1v) is 7.30. The van der Waals surface area contributed by atoms with Gasteiger partial charge in [0.25, 0.3) is 0 Å². The van der Waals surface area contributed by atoms with Crippen LogP contribution in [0.3, 0.4) is 0 Å². The standard InChI is InChI=1S/C16H17NS/c1-17-16-11-10-12-6-2-3-7-13(12)14-8-4-5-9-15(14)18-16/h2-10,15-17H,11H2,1H3/b12-10?,14-13-. The zero-order chi connectivity index (χ0) is 12.4. The second-order valence-corrected chi connectivity index (χ2v) is 5.91. The van der Waals surface area contributed by atoms with Gasteiger partial charge in [0.2, 0.25) is 0 Å². The third-order valence-corrected chi connectivity index (χ3v) is 4.90. The van der Waals surface area contributed by atoms with Crippen LogP contribution in [-0.4, -0.2) is 17.7 Å². The maximum Gasteiger partial charge on any atom is 0.0574 e. The van der Waals surface area contributed by atoms with Crippen LogP contribution in [0.4, 0.5) is 0 Å². The van der Waals surface area contributed by atoms with E-state index >= 15 is 0 Å². The van der Waals surface area contributed by atoms with E-state index in [4.69, 9.17) is 0 Å². The number of fused-ring (bicyclic) bond motifs is 2. The molecule has 0 saturated heterocycles. The Balaban J connectivity index is 2.24. The molecule has 0 bridgehead atoms. The van der Waals surface area contributed by atoms with E-state index in [2.05, 4.69) is 60.0 Å². The molecule has 0 spiro atoms. The predicted octanol–water partition coefficient (Wildman–Crippen LogP) is 1.79. The maximum atomic E-state index is 3.40. The molecule has 0 amide bonds. The smallest absolute Gasteiger partial charge is 0.0574 e. The van der Waals surface area contributed by atoms with E-state index < -0.39 is 0 Å². The first kappa shape index (κ1) is 11.8. The van der Waals surface area contributed by atoms with Crippen molar-refractivity contribution in [3.63, 3.8) is 0 Å². The van der Waals surface area contributed by atoms with Gasteiger partial charge in [-0.15, -0.1) is 11.8 Å². The van der Waals surface area contributed by atoms with Crippen molar-refractivity contribution in [2.45, 2.75) is 17.0 Å². The van der Waals surface area contributed by atoms with E-state index in [1.807, 2.05) is 18.8 Å². The summed E-state index contributed by atoms with van der Waals surface area (Å²) in [6.45, 7) is 0. The topological polar surface area (TPSA) is 12.0 Å². The number of nitrogens with one attached hydrogen (secondary N) is 1. The Morgan fingerprint density at radius 3 is 3.00 bits per heavy atom. The maximum absolute atomic E-state index is 3.40. The summed E-state index contributed by atoms with van der Waals surface area (Å²) in [4.78, 5) is 0. The third kappa shape index (κ3) is 2.18. The molecule has 1 aromatic rings. The van der Waals surface area contributed by atoms with Gasteiger partial charge in [0.15, 0.2) is 0 Å². The predicted molar refractivity (Wildman–Crippen MR) is 80.7 cm³/mol. The average molecular weight is 255 g/mol. The zero-order valence-electron chi connectivity index (χ0n) is 10.5. The Bertz CT molecular complexity index is 612. The van der Waals surface area contributed by atoms with Gasteiger partial charge in [0, 0.05) is 0 Å². The van der Waals surface area contributed by atoms with E-state index in [1.165, 1.54) is 16.0 Å². The van der Waals surface area contributed by atoms with Crippen molar-refractivity contribution in [2.75, 3.05) is 7.05 Å². The summed E-state index contributed by atoms with van der Waals surface area (Å²) in [7, 11) is 2.04. The van der Waals surface area contributed by atoms with E-state index in [1.54, 1.807) is 0 Å². The first-order chi connectivity index (χ1) is 8.88. The fraction of sp³-hybridized carbons (Fsp3) is 0.250. The molecule has 1 N–H and O–H groups in total. The minimum atomic E-state index is 0.460. The van der Waals surface area contributed by atoms with Gasteiger partial charge < -0.3 is 5.32 Å². The number of hydrogen-bond donors (Lipinski definition) is 1. The molecule has 2 heteroatoms. The van der Waals surface area contributed by atoms with Gasteiger partial charge in [-0.05, 0) is 29.5 Å². The first-order valence-electron chi connectivity index (χ1n) is 6.35. The molecule has 2 unspecified atom stereocenters. The van der Waals surface area contributed by atoms with Crippen molar-refractivity contribution in [3.05, 3.63) is 59.0 Å². The Morgan fingerprint density at radius 2 is 2.11 bits per heavy atom. The van der Waals surface area contributed by atoms with E-state index in [-0.39, 0.29) is 0 Å². The second kappa shape index (κ2) is 5.17. The van der Waals surface area contributed by atoms with Crippen molar-refractivity contribution in [3.8, 4) is 0 Å². The van der Waals surface area contributed by atoms with E-state index in [9.17, 15) is 0 Å². The average Bonchev–Trinajstić information content (AvgIpc) is 2.42. The molecule has 1 aromatic carbocycles. The van der Waals surface area contributed by atoms with Gasteiger partial charge in [0.1, 0.15) is 0 Å². The van der Waals surface area contributed by atoms with Crippen molar-refractivity contribution in [1.29, 1.82) is 0 Å². The van der Waals surface area contributed by atoms with Gasteiger partial charge in [-0.2, -0.15) is 0 Å². The number of allylic oxidation sites excluding steroid dienone is 3. The minimum absolute atomic E-state index is 0.460. The number of hydrogen-bond acceptors (Lipinski definition) is 2. The SMILES string of the molecule is CNC1CC=c2cccc/c2=C2\C=CC=CC2S1. The van der Waals surface area contributed by atoms with Crippen LogP contribution in [0.5, 0.6) is 0 Å². The molecular formula is C16H17NS. The van der Waals surface area contributed by atoms with Crippen LogP contribution in [0.2, 0.25) is 0 Å². The number of benzene rings is 1. The molecule has 92 valence electrons. The molecule has 2 atom stereocenters. The molecule has 1 heterocycles. The quantitative estimate of drug-likeness (QED) is 0.821. The van der Waals surface area contributed by atoms with Gasteiger partial charge in [-0.25, -0.2) is 0 Å². The van der Waals surface area contributed by atoms with Crippen LogP contribution in [0, 0.1) is 0 Å². The Kier molecular flexibility index (Phi) is 3.39.